The number of amides is 2. The van der Waals surface area contributed by atoms with Crippen molar-refractivity contribution in [3.63, 3.8) is 0 Å². The highest BCUT2D eigenvalue weighted by atomic mass is 16.5. The van der Waals surface area contributed by atoms with Crippen molar-refractivity contribution in [2.75, 3.05) is 46.3 Å². The lowest BCUT2D eigenvalue weighted by atomic mass is 10.1. The van der Waals surface area contributed by atoms with E-state index in [4.69, 9.17) is 14.2 Å². The number of benzene rings is 2. The fraction of sp³-hybridized carbons (Fsp3) is 0.407. The zero-order valence-electron chi connectivity index (χ0n) is 21.3. The molecule has 0 spiro atoms. The number of carbonyl (C=O) groups excluding carboxylic acids is 1. The normalized spacial score (nSPS) is 15.6. The SMILES string of the molecule is CCN1CCCC1CN(Cc1cc2cc(OC)c(OC)cc2[nH]c1=O)C(=O)Nc1ccc(OC)cc1. The minimum atomic E-state index is -0.255. The molecule has 1 unspecified atom stereocenters. The number of fused-ring (bicyclic) bond motifs is 1. The summed E-state index contributed by atoms with van der Waals surface area (Å²) >= 11 is 0. The van der Waals surface area contributed by atoms with Crippen LogP contribution in [0, 0.1) is 0 Å². The third-order valence-electron chi connectivity index (χ3n) is 6.75. The van der Waals surface area contributed by atoms with E-state index in [1.165, 1.54) is 0 Å². The maximum absolute atomic E-state index is 13.4. The summed E-state index contributed by atoms with van der Waals surface area (Å²) < 4.78 is 16.0. The molecule has 2 aromatic carbocycles. The van der Waals surface area contributed by atoms with Gasteiger partial charge in [-0.15, -0.1) is 0 Å². The van der Waals surface area contributed by atoms with Gasteiger partial charge in [-0.05, 0) is 62.3 Å². The fourth-order valence-corrected chi connectivity index (χ4v) is 4.77. The molecule has 0 saturated carbocycles. The number of aromatic nitrogens is 1. The molecule has 2 amide bonds. The Hall–Kier alpha value is -3.72. The average molecular weight is 495 g/mol. The number of nitrogens with zero attached hydrogens (tertiary/aromatic N) is 2. The fourth-order valence-electron chi connectivity index (χ4n) is 4.77. The van der Waals surface area contributed by atoms with E-state index in [0.29, 0.717) is 40.6 Å². The molecule has 192 valence electrons. The molecule has 3 aromatic rings. The highest BCUT2D eigenvalue weighted by Crippen LogP contribution is 2.31. The maximum Gasteiger partial charge on any atom is 0.322 e. The molecule has 2 N–H and O–H groups in total. The van der Waals surface area contributed by atoms with Gasteiger partial charge in [0.2, 0.25) is 0 Å². The van der Waals surface area contributed by atoms with Crippen molar-refractivity contribution in [1.29, 1.82) is 0 Å². The van der Waals surface area contributed by atoms with Crippen molar-refractivity contribution in [2.24, 2.45) is 0 Å². The van der Waals surface area contributed by atoms with Crippen molar-refractivity contribution < 1.29 is 19.0 Å². The first-order valence-electron chi connectivity index (χ1n) is 12.2. The Morgan fingerprint density at radius 3 is 2.47 bits per heavy atom. The summed E-state index contributed by atoms with van der Waals surface area (Å²) in [4.78, 5) is 33.5. The summed E-state index contributed by atoms with van der Waals surface area (Å²) in [6, 6.07) is 12.6. The number of likely N-dealkylation sites (N-methyl/N-ethyl adjacent to an activating group) is 1. The number of hydrogen-bond donors (Lipinski definition) is 2. The number of pyridine rings is 1. The number of aromatic amines is 1. The minimum Gasteiger partial charge on any atom is -0.497 e. The smallest absolute Gasteiger partial charge is 0.322 e. The van der Waals surface area contributed by atoms with Crippen LogP contribution < -0.4 is 25.1 Å². The van der Waals surface area contributed by atoms with Crippen molar-refractivity contribution >= 4 is 22.6 Å². The molecule has 4 rings (SSSR count). The molecule has 36 heavy (non-hydrogen) atoms. The van der Waals surface area contributed by atoms with Gasteiger partial charge in [-0.3, -0.25) is 9.69 Å². The molecular formula is C27H34N4O5. The predicted molar refractivity (Wildman–Crippen MR) is 140 cm³/mol. The molecule has 1 atom stereocenters. The van der Waals surface area contributed by atoms with Crippen LogP contribution in [0.5, 0.6) is 17.2 Å². The molecule has 9 heteroatoms. The standard InChI is InChI=1S/C27H34N4O5/c1-5-30-12-6-7-21(30)17-31(27(33)28-20-8-10-22(34-2)11-9-20)16-19-13-18-14-24(35-3)25(36-4)15-23(18)29-26(19)32/h8-11,13-15,21H,5-7,12,16-17H2,1-4H3,(H,28,33)(H,29,32). The van der Waals surface area contributed by atoms with Crippen LogP contribution >= 0.6 is 0 Å². The first-order valence-corrected chi connectivity index (χ1v) is 12.2. The molecule has 2 heterocycles. The summed E-state index contributed by atoms with van der Waals surface area (Å²) in [5.41, 5.74) is 1.56. The number of ether oxygens (including phenoxy) is 3. The monoisotopic (exact) mass is 494 g/mol. The first kappa shape index (κ1) is 25.4. The second-order valence-corrected chi connectivity index (χ2v) is 8.88. The lowest BCUT2D eigenvalue weighted by Gasteiger charge is -2.30. The van der Waals surface area contributed by atoms with E-state index < -0.39 is 0 Å². The van der Waals surface area contributed by atoms with Gasteiger partial charge in [-0.1, -0.05) is 6.92 Å². The second kappa shape index (κ2) is 11.3. The molecule has 9 nitrogen and oxygen atoms in total. The predicted octanol–water partition coefficient (Wildman–Crippen LogP) is 4.07. The third kappa shape index (κ3) is 5.57. The van der Waals surface area contributed by atoms with E-state index in [2.05, 4.69) is 22.1 Å². The number of rotatable bonds is 9. The molecule has 1 saturated heterocycles. The van der Waals surface area contributed by atoms with E-state index in [0.717, 1.165) is 31.3 Å². The number of carbonyl (C=O) groups is 1. The molecule has 1 aliphatic rings. The third-order valence-corrected chi connectivity index (χ3v) is 6.75. The zero-order valence-corrected chi connectivity index (χ0v) is 21.3. The average Bonchev–Trinajstić information content (AvgIpc) is 3.35. The summed E-state index contributed by atoms with van der Waals surface area (Å²) in [5, 5.41) is 3.77. The van der Waals surface area contributed by atoms with E-state index >= 15 is 0 Å². The number of urea groups is 1. The summed E-state index contributed by atoms with van der Waals surface area (Å²) in [6.07, 6.45) is 2.12. The Morgan fingerprint density at radius 2 is 1.81 bits per heavy atom. The number of methoxy groups -OCH3 is 3. The topological polar surface area (TPSA) is 96.1 Å². The van der Waals surface area contributed by atoms with Crippen LogP contribution in [0.1, 0.15) is 25.3 Å². The molecule has 0 bridgehead atoms. The van der Waals surface area contributed by atoms with Gasteiger partial charge in [0.25, 0.3) is 5.56 Å². The summed E-state index contributed by atoms with van der Waals surface area (Å²) in [5.74, 6) is 1.82. The summed E-state index contributed by atoms with van der Waals surface area (Å²) in [7, 11) is 4.73. The Bertz CT molecular complexity index is 1260. The van der Waals surface area contributed by atoms with Gasteiger partial charge in [-0.2, -0.15) is 0 Å². The number of anilines is 1. The van der Waals surface area contributed by atoms with Crippen LogP contribution in [0.2, 0.25) is 0 Å². The van der Waals surface area contributed by atoms with Gasteiger partial charge in [0.15, 0.2) is 11.5 Å². The van der Waals surface area contributed by atoms with Gasteiger partial charge in [0.05, 0.1) is 33.4 Å². The van der Waals surface area contributed by atoms with Gasteiger partial charge in [0.1, 0.15) is 5.75 Å². The van der Waals surface area contributed by atoms with E-state index in [1.807, 2.05) is 12.1 Å². The van der Waals surface area contributed by atoms with Gasteiger partial charge in [-0.25, -0.2) is 4.79 Å². The first-order chi connectivity index (χ1) is 17.4. The highest BCUT2D eigenvalue weighted by molar-refractivity contribution is 5.89. The lowest BCUT2D eigenvalue weighted by molar-refractivity contribution is 0.174. The van der Waals surface area contributed by atoms with Crippen molar-refractivity contribution in [3.05, 3.63) is 58.4 Å². The number of H-pyrrole nitrogens is 1. The molecule has 1 aliphatic heterocycles. The molecule has 1 fully saturated rings. The van der Waals surface area contributed by atoms with Crippen LogP contribution in [0.3, 0.4) is 0 Å². The second-order valence-electron chi connectivity index (χ2n) is 8.88. The molecule has 1 aromatic heterocycles. The number of hydrogen-bond acceptors (Lipinski definition) is 6. The van der Waals surface area contributed by atoms with Crippen LogP contribution in [0.4, 0.5) is 10.5 Å². The number of likely N-dealkylation sites (tertiary alicyclic amines) is 1. The minimum absolute atomic E-state index is 0.176. The Morgan fingerprint density at radius 1 is 1.08 bits per heavy atom. The lowest BCUT2D eigenvalue weighted by Crippen LogP contribution is -2.45. The Balaban J connectivity index is 1.63. The maximum atomic E-state index is 13.4. The van der Waals surface area contributed by atoms with Crippen molar-refractivity contribution in [3.8, 4) is 17.2 Å². The molecular weight excluding hydrogens is 460 g/mol. The van der Waals surface area contributed by atoms with Gasteiger partial charge >= 0.3 is 6.03 Å². The van der Waals surface area contributed by atoms with E-state index in [9.17, 15) is 9.59 Å². The van der Waals surface area contributed by atoms with Gasteiger partial charge < -0.3 is 29.4 Å². The van der Waals surface area contributed by atoms with Crippen molar-refractivity contribution in [1.82, 2.24) is 14.8 Å². The van der Waals surface area contributed by atoms with Gasteiger partial charge in [0, 0.05) is 35.3 Å². The quantitative estimate of drug-likeness (QED) is 0.466. The van der Waals surface area contributed by atoms with E-state index in [1.54, 1.807) is 56.6 Å². The largest absolute Gasteiger partial charge is 0.497 e. The Labute approximate surface area is 210 Å². The Kier molecular flexibility index (Phi) is 8.00. The summed E-state index contributed by atoms with van der Waals surface area (Å²) in [6.45, 7) is 4.79. The van der Waals surface area contributed by atoms with Crippen LogP contribution in [0.25, 0.3) is 10.9 Å². The van der Waals surface area contributed by atoms with Crippen LogP contribution in [-0.4, -0.2) is 67.8 Å². The van der Waals surface area contributed by atoms with Crippen LogP contribution in [0.15, 0.2) is 47.3 Å². The molecule has 0 aliphatic carbocycles. The molecule has 0 radical (unpaired) electrons. The number of nitrogens with one attached hydrogen (secondary N) is 2. The van der Waals surface area contributed by atoms with E-state index in [-0.39, 0.29) is 24.2 Å². The highest BCUT2D eigenvalue weighted by Gasteiger charge is 2.28. The zero-order chi connectivity index (χ0) is 25.7. The van der Waals surface area contributed by atoms with Crippen LogP contribution in [-0.2, 0) is 6.54 Å². The van der Waals surface area contributed by atoms with Crippen molar-refractivity contribution in [2.45, 2.75) is 32.4 Å².